The molecule has 13 heteroatoms. The van der Waals surface area contributed by atoms with Gasteiger partial charge in [0.1, 0.15) is 5.75 Å². The second kappa shape index (κ2) is 8.55. The van der Waals surface area contributed by atoms with Gasteiger partial charge in [-0.2, -0.15) is 17.9 Å². The molecule has 0 saturated heterocycles. The van der Waals surface area contributed by atoms with Crippen LogP contribution < -0.4 is 4.74 Å². The maximum Gasteiger partial charge on any atom is 0.418 e. The van der Waals surface area contributed by atoms with E-state index in [9.17, 15) is 13.2 Å². The molecule has 2 heterocycles. The van der Waals surface area contributed by atoms with E-state index in [0.717, 1.165) is 16.3 Å². The zero-order valence-electron chi connectivity index (χ0n) is 15.8. The molecule has 0 aliphatic rings. The van der Waals surface area contributed by atoms with E-state index < -0.39 is 11.7 Å². The van der Waals surface area contributed by atoms with Crippen LogP contribution >= 0.6 is 23.4 Å². The first-order valence-corrected chi connectivity index (χ1v) is 10.1. The molecular weight excluding hydrogens is 455 g/mol. The Kier molecular flexibility index (Phi) is 5.83. The molecule has 0 spiro atoms. The molecule has 0 unspecified atom stereocenters. The molecule has 0 bridgehead atoms. The van der Waals surface area contributed by atoms with E-state index in [1.165, 1.54) is 23.9 Å². The van der Waals surface area contributed by atoms with Crippen molar-refractivity contribution in [2.45, 2.75) is 17.1 Å². The fourth-order valence-corrected chi connectivity index (χ4v) is 3.60. The molecule has 4 aromatic rings. The molecule has 2 aromatic heterocycles. The second-order valence-corrected chi connectivity index (χ2v) is 7.53. The molecule has 1 N–H and O–H groups in total. The van der Waals surface area contributed by atoms with Crippen LogP contribution in [0.5, 0.6) is 5.75 Å². The summed E-state index contributed by atoms with van der Waals surface area (Å²) in [5.74, 6) is 1.60. The zero-order valence-corrected chi connectivity index (χ0v) is 17.3. The molecule has 160 valence electrons. The van der Waals surface area contributed by atoms with Gasteiger partial charge in [0.15, 0.2) is 11.6 Å². The summed E-state index contributed by atoms with van der Waals surface area (Å²) in [4.78, 5) is 4.39. The SMILES string of the molecule is COc1ccc(-c2nc(SCc3nnnn3-c3ccc(Cl)cc3C(F)(F)F)n[nH]2)cc1. The van der Waals surface area contributed by atoms with Crippen molar-refractivity contribution in [3.63, 3.8) is 0 Å². The Labute approximate surface area is 182 Å². The normalized spacial score (nSPS) is 11.6. The molecule has 0 saturated carbocycles. The minimum Gasteiger partial charge on any atom is -0.497 e. The van der Waals surface area contributed by atoms with Crippen molar-refractivity contribution < 1.29 is 17.9 Å². The van der Waals surface area contributed by atoms with Gasteiger partial charge in [-0.1, -0.05) is 23.4 Å². The quantitative estimate of drug-likeness (QED) is 0.419. The lowest BCUT2D eigenvalue weighted by molar-refractivity contribution is -0.137. The highest BCUT2D eigenvalue weighted by Crippen LogP contribution is 2.36. The van der Waals surface area contributed by atoms with Crippen molar-refractivity contribution in [2.75, 3.05) is 7.11 Å². The number of rotatable bonds is 6. The molecule has 0 radical (unpaired) electrons. The van der Waals surface area contributed by atoms with Gasteiger partial charge in [0.25, 0.3) is 0 Å². The van der Waals surface area contributed by atoms with Crippen LogP contribution in [0.3, 0.4) is 0 Å². The Bertz CT molecular complexity index is 1190. The standard InChI is InChI=1S/C18H13ClF3N7OS/c1-30-12-5-2-10(3-6-12)16-23-17(26-25-16)31-9-15-24-27-28-29(15)14-7-4-11(19)8-13(14)18(20,21)22/h2-8H,9H2,1H3,(H,23,25,26). The monoisotopic (exact) mass is 467 g/mol. The van der Waals surface area contributed by atoms with Crippen molar-refractivity contribution in [3.05, 3.63) is 58.9 Å². The summed E-state index contributed by atoms with van der Waals surface area (Å²) in [6.07, 6.45) is -4.62. The first kappa shape index (κ1) is 21.1. The number of hydrogen-bond acceptors (Lipinski definition) is 7. The van der Waals surface area contributed by atoms with E-state index in [4.69, 9.17) is 16.3 Å². The number of hydrogen-bond donors (Lipinski definition) is 1. The van der Waals surface area contributed by atoms with Crippen molar-refractivity contribution in [1.82, 2.24) is 35.4 Å². The third-order valence-electron chi connectivity index (χ3n) is 4.18. The molecule has 0 atom stereocenters. The van der Waals surface area contributed by atoms with Gasteiger partial charge in [0.2, 0.25) is 5.16 Å². The van der Waals surface area contributed by atoms with E-state index in [-0.39, 0.29) is 22.3 Å². The van der Waals surface area contributed by atoms with Crippen LogP contribution in [0.2, 0.25) is 5.02 Å². The van der Waals surface area contributed by atoms with E-state index in [1.807, 2.05) is 12.1 Å². The minimum atomic E-state index is -4.62. The first-order chi connectivity index (χ1) is 14.8. The average Bonchev–Trinajstić information content (AvgIpc) is 3.41. The fourth-order valence-electron chi connectivity index (χ4n) is 2.72. The predicted octanol–water partition coefficient (Wildman–Crippen LogP) is 4.42. The highest BCUT2D eigenvalue weighted by Gasteiger charge is 2.35. The molecule has 0 fully saturated rings. The molecule has 31 heavy (non-hydrogen) atoms. The molecule has 8 nitrogen and oxygen atoms in total. The van der Waals surface area contributed by atoms with Crippen LogP contribution in [0.15, 0.2) is 47.6 Å². The number of nitrogens with one attached hydrogen (secondary N) is 1. The van der Waals surface area contributed by atoms with E-state index in [2.05, 4.69) is 30.7 Å². The Balaban J connectivity index is 1.54. The van der Waals surface area contributed by atoms with Gasteiger partial charge in [0, 0.05) is 10.6 Å². The molecule has 0 aliphatic carbocycles. The van der Waals surface area contributed by atoms with Crippen LogP contribution in [0, 0.1) is 0 Å². The Morgan fingerprint density at radius 1 is 1.16 bits per heavy atom. The fraction of sp³-hybridized carbons (Fsp3) is 0.167. The average molecular weight is 468 g/mol. The van der Waals surface area contributed by atoms with Gasteiger partial charge in [-0.3, -0.25) is 5.10 Å². The van der Waals surface area contributed by atoms with Crippen LogP contribution in [0.1, 0.15) is 11.4 Å². The lowest BCUT2D eigenvalue weighted by atomic mass is 10.1. The lowest BCUT2D eigenvalue weighted by Gasteiger charge is -2.13. The molecule has 2 aromatic carbocycles. The Morgan fingerprint density at radius 2 is 1.94 bits per heavy atom. The maximum absolute atomic E-state index is 13.4. The number of benzene rings is 2. The number of ether oxygens (including phenoxy) is 1. The number of halogens is 4. The number of tetrazole rings is 1. The van der Waals surface area contributed by atoms with Crippen LogP contribution in [-0.2, 0) is 11.9 Å². The summed E-state index contributed by atoms with van der Waals surface area (Å²) in [6, 6.07) is 10.7. The van der Waals surface area contributed by atoms with E-state index in [1.54, 1.807) is 19.2 Å². The maximum atomic E-state index is 13.4. The second-order valence-electron chi connectivity index (χ2n) is 6.15. The lowest BCUT2D eigenvalue weighted by Crippen LogP contribution is -2.13. The van der Waals surface area contributed by atoms with Gasteiger partial charge in [-0.05, 0) is 52.9 Å². The van der Waals surface area contributed by atoms with Gasteiger partial charge >= 0.3 is 6.18 Å². The summed E-state index contributed by atoms with van der Waals surface area (Å²) in [6.45, 7) is 0. The van der Waals surface area contributed by atoms with Gasteiger partial charge < -0.3 is 4.74 Å². The zero-order chi connectivity index (χ0) is 22.0. The topological polar surface area (TPSA) is 94.4 Å². The summed E-state index contributed by atoms with van der Waals surface area (Å²) in [7, 11) is 1.58. The van der Waals surface area contributed by atoms with Crippen LogP contribution in [0.25, 0.3) is 17.1 Å². The molecule has 0 aliphatic heterocycles. The minimum absolute atomic E-state index is 0.0353. The highest BCUT2D eigenvalue weighted by molar-refractivity contribution is 7.98. The summed E-state index contributed by atoms with van der Waals surface area (Å²) in [5.41, 5.74) is -0.342. The number of thioether (sulfide) groups is 1. The Hall–Kier alpha value is -3.12. The molecule has 0 amide bonds. The predicted molar refractivity (Wildman–Crippen MR) is 107 cm³/mol. The number of aromatic nitrogens is 7. The number of nitrogens with zero attached hydrogens (tertiary/aromatic N) is 6. The largest absolute Gasteiger partial charge is 0.497 e. The smallest absolute Gasteiger partial charge is 0.418 e. The Morgan fingerprint density at radius 3 is 2.65 bits per heavy atom. The van der Waals surface area contributed by atoms with Gasteiger partial charge in [-0.25, -0.2) is 4.98 Å². The molecule has 4 rings (SSSR count). The number of methoxy groups -OCH3 is 1. The van der Waals surface area contributed by atoms with E-state index >= 15 is 0 Å². The number of alkyl halides is 3. The number of H-pyrrole nitrogens is 1. The third-order valence-corrected chi connectivity index (χ3v) is 5.26. The van der Waals surface area contributed by atoms with Gasteiger partial charge in [-0.15, -0.1) is 10.2 Å². The van der Waals surface area contributed by atoms with Crippen LogP contribution in [-0.4, -0.2) is 42.5 Å². The van der Waals surface area contributed by atoms with Crippen LogP contribution in [0.4, 0.5) is 13.2 Å². The van der Waals surface area contributed by atoms with Gasteiger partial charge in [0.05, 0.1) is 24.1 Å². The van der Waals surface area contributed by atoms with Crippen molar-refractivity contribution in [2.24, 2.45) is 0 Å². The first-order valence-electron chi connectivity index (χ1n) is 8.69. The highest BCUT2D eigenvalue weighted by atomic mass is 35.5. The number of aromatic amines is 1. The van der Waals surface area contributed by atoms with E-state index in [0.29, 0.717) is 16.7 Å². The molecular formula is C18H13ClF3N7OS. The van der Waals surface area contributed by atoms with Crippen molar-refractivity contribution in [3.8, 4) is 22.8 Å². The van der Waals surface area contributed by atoms with Crippen molar-refractivity contribution in [1.29, 1.82) is 0 Å². The summed E-state index contributed by atoms with van der Waals surface area (Å²) >= 11 is 6.92. The van der Waals surface area contributed by atoms with Crippen molar-refractivity contribution >= 4 is 23.4 Å². The summed E-state index contributed by atoms with van der Waals surface area (Å²) in [5, 5.41) is 18.4. The summed E-state index contributed by atoms with van der Waals surface area (Å²) < 4.78 is 46.5. The third kappa shape index (κ3) is 4.64.